The van der Waals surface area contributed by atoms with Crippen LogP contribution in [0.5, 0.6) is 0 Å². The van der Waals surface area contributed by atoms with E-state index in [9.17, 15) is 0 Å². The van der Waals surface area contributed by atoms with Crippen molar-refractivity contribution in [1.29, 1.82) is 0 Å². The van der Waals surface area contributed by atoms with E-state index in [1.807, 2.05) is 13.8 Å². The van der Waals surface area contributed by atoms with Gasteiger partial charge in [-0.2, -0.15) is 0 Å². The Balaban J connectivity index is 0.000000336. The fourth-order valence-corrected chi connectivity index (χ4v) is 2.60. The highest BCUT2D eigenvalue weighted by molar-refractivity contribution is 4.93. The summed E-state index contributed by atoms with van der Waals surface area (Å²) < 4.78 is 0. The third kappa shape index (κ3) is 1.82. The molecule has 2 atom stereocenters. The van der Waals surface area contributed by atoms with Crippen LogP contribution in [0.4, 0.5) is 0 Å². The van der Waals surface area contributed by atoms with Crippen molar-refractivity contribution < 1.29 is 0 Å². The van der Waals surface area contributed by atoms with E-state index in [0.717, 1.165) is 18.0 Å². The number of fused-ring (bicyclic) bond motifs is 2. The average Bonchev–Trinajstić information content (AvgIpc) is 2.67. The molecule has 1 aliphatic heterocycles. The Morgan fingerprint density at radius 3 is 2.08 bits per heavy atom. The summed E-state index contributed by atoms with van der Waals surface area (Å²) in [5.74, 6) is 1.06. The summed E-state index contributed by atoms with van der Waals surface area (Å²) >= 11 is 0. The third-order valence-corrected chi connectivity index (χ3v) is 3.11. The second-order valence-corrected chi connectivity index (χ2v) is 4.12. The highest BCUT2D eigenvalue weighted by Crippen LogP contribution is 2.38. The lowest BCUT2D eigenvalue weighted by molar-refractivity contribution is 0.170. The van der Waals surface area contributed by atoms with Crippen LogP contribution in [-0.4, -0.2) is 23.5 Å². The van der Waals surface area contributed by atoms with E-state index in [0.29, 0.717) is 0 Å². The molecule has 0 aromatic rings. The maximum Gasteiger partial charge on any atom is 0.0101 e. The van der Waals surface area contributed by atoms with Crippen LogP contribution in [0.3, 0.4) is 0 Å². The lowest BCUT2D eigenvalue weighted by atomic mass is 10.1. The van der Waals surface area contributed by atoms with Gasteiger partial charge >= 0.3 is 0 Å². The highest BCUT2D eigenvalue weighted by atomic mass is 15.2. The summed E-state index contributed by atoms with van der Waals surface area (Å²) in [7, 11) is 0. The number of hydrogen-bond acceptors (Lipinski definition) is 1. The van der Waals surface area contributed by atoms with Crippen molar-refractivity contribution in [3.8, 4) is 0 Å². The van der Waals surface area contributed by atoms with Crippen LogP contribution in [-0.2, 0) is 0 Å². The molecule has 0 N–H and O–H groups in total. The maximum absolute atomic E-state index is 2.67. The second kappa shape index (κ2) is 4.27. The molecule has 0 aromatic carbocycles. The summed E-state index contributed by atoms with van der Waals surface area (Å²) in [6.45, 7) is 10.0. The predicted octanol–water partition coefficient (Wildman–Crippen LogP) is 2.91. The van der Waals surface area contributed by atoms with Gasteiger partial charge in [0.05, 0.1) is 0 Å². The van der Waals surface area contributed by atoms with Gasteiger partial charge in [-0.25, -0.2) is 0 Å². The van der Waals surface area contributed by atoms with Crippen molar-refractivity contribution in [2.24, 2.45) is 5.92 Å². The normalized spacial score (nSPS) is 33.8. The molecule has 1 aliphatic carbocycles. The first-order valence-electron chi connectivity index (χ1n) is 5.53. The molecule has 2 bridgehead atoms. The molecular weight excluding hydrogens is 146 g/mol. The van der Waals surface area contributed by atoms with Gasteiger partial charge in [0.2, 0.25) is 0 Å². The molecule has 12 heavy (non-hydrogen) atoms. The van der Waals surface area contributed by atoms with Crippen LogP contribution in [0.25, 0.3) is 0 Å². The molecular formula is C11H23N. The Morgan fingerprint density at radius 1 is 1.17 bits per heavy atom. The molecule has 1 heterocycles. The number of rotatable bonds is 1. The monoisotopic (exact) mass is 169 g/mol. The van der Waals surface area contributed by atoms with Gasteiger partial charge in [0.1, 0.15) is 0 Å². The second-order valence-electron chi connectivity index (χ2n) is 4.12. The summed E-state index contributed by atoms with van der Waals surface area (Å²) in [6, 6.07) is 1.75. The minimum absolute atomic E-state index is 0.787. The Hall–Kier alpha value is -0.0400. The summed E-state index contributed by atoms with van der Waals surface area (Å²) in [5, 5.41) is 0. The predicted molar refractivity (Wildman–Crippen MR) is 54.3 cm³/mol. The molecule has 0 amide bonds. The van der Waals surface area contributed by atoms with E-state index < -0.39 is 0 Å². The molecule has 2 rings (SSSR count). The minimum atomic E-state index is 0.787. The lowest BCUT2D eigenvalue weighted by Crippen LogP contribution is -2.37. The Labute approximate surface area is 77.1 Å². The first-order chi connectivity index (χ1) is 5.77. The number of likely N-dealkylation sites (tertiary alicyclic amines) is 1. The van der Waals surface area contributed by atoms with Crippen molar-refractivity contribution in [3.05, 3.63) is 0 Å². The van der Waals surface area contributed by atoms with Crippen LogP contribution in [0.15, 0.2) is 0 Å². The molecule has 0 aromatic heterocycles. The van der Waals surface area contributed by atoms with E-state index >= 15 is 0 Å². The van der Waals surface area contributed by atoms with Gasteiger partial charge in [0.25, 0.3) is 0 Å². The molecule has 2 aliphatic rings. The SMILES string of the molecule is CC.CC(C)N1CC2CCC1C2. The van der Waals surface area contributed by atoms with Gasteiger partial charge < -0.3 is 0 Å². The maximum atomic E-state index is 2.67. The average molecular weight is 169 g/mol. The van der Waals surface area contributed by atoms with Crippen LogP contribution < -0.4 is 0 Å². The van der Waals surface area contributed by atoms with Crippen molar-refractivity contribution in [2.75, 3.05) is 6.54 Å². The molecule has 0 spiro atoms. The van der Waals surface area contributed by atoms with Crippen molar-refractivity contribution in [3.63, 3.8) is 0 Å². The third-order valence-electron chi connectivity index (χ3n) is 3.11. The quantitative estimate of drug-likeness (QED) is 0.583. The number of hydrogen-bond donors (Lipinski definition) is 0. The van der Waals surface area contributed by atoms with E-state index in [1.165, 1.54) is 25.8 Å². The topological polar surface area (TPSA) is 3.24 Å². The molecule has 1 saturated heterocycles. The zero-order chi connectivity index (χ0) is 9.14. The summed E-state index contributed by atoms with van der Waals surface area (Å²) in [4.78, 5) is 2.67. The van der Waals surface area contributed by atoms with Crippen LogP contribution in [0.1, 0.15) is 47.0 Å². The highest BCUT2D eigenvalue weighted by Gasteiger charge is 2.38. The summed E-state index contributed by atoms with van der Waals surface area (Å²) in [6.07, 6.45) is 4.48. The van der Waals surface area contributed by atoms with Gasteiger partial charge in [0.15, 0.2) is 0 Å². The smallest absolute Gasteiger partial charge is 0.0101 e. The number of nitrogens with zero attached hydrogens (tertiary/aromatic N) is 1. The van der Waals surface area contributed by atoms with Crippen molar-refractivity contribution in [2.45, 2.75) is 59.0 Å². The van der Waals surface area contributed by atoms with E-state index in [4.69, 9.17) is 0 Å². The molecule has 1 saturated carbocycles. The Morgan fingerprint density at radius 2 is 1.83 bits per heavy atom. The van der Waals surface area contributed by atoms with Gasteiger partial charge in [-0.15, -0.1) is 0 Å². The summed E-state index contributed by atoms with van der Waals surface area (Å²) in [5.41, 5.74) is 0. The zero-order valence-electron chi connectivity index (χ0n) is 9.01. The number of piperidine rings is 1. The first kappa shape index (κ1) is 10.0. The first-order valence-corrected chi connectivity index (χ1v) is 5.53. The fourth-order valence-electron chi connectivity index (χ4n) is 2.60. The van der Waals surface area contributed by atoms with Crippen LogP contribution >= 0.6 is 0 Å². The van der Waals surface area contributed by atoms with E-state index in [2.05, 4.69) is 18.7 Å². The molecule has 1 heteroatoms. The van der Waals surface area contributed by atoms with Gasteiger partial charge in [-0.3, -0.25) is 4.90 Å². The Kier molecular flexibility index (Phi) is 3.57. The van der Waals surface area contributed by atoms with Gasteiger partial charge in [0, 0.05) is 18.6 Å². The molecule has 72 valence electrons. The fraction of sp³-hybridized carbons (Fsp3) is 1.00. The van der Waals surface area contributed by atoms with Crippen LogP contribution in [0, 0.1) is 5.92 Å². The zero-order valence-corrected chi connectivity index (χ0v) is 9.01. The van der Waals surface area contributed by atoms with Gasteiger partial charge in [-0.1, -0.05) is 13.8 Å². The standard InChI is InChI=1S/C9H17N.C2H6/c1-7(2)10-6-8-3-4-9(10)5-8;1-2/h7-9H,3-6H2,1-2H3;1-2H3. The van der Waals surface area contributed by atoms with Crippen molar-refractivity contribution in [1.82, 2.24) is 4.90 Å². The van der Waals surface area contributed by atoms with Crippen LogP contribution in [0.2, 0.25) is 0 Å². The van der Waals surface area contributed by atoms with E-state index in [-0.39, 0.29) is 0 Å². The van der Waals surface area contributed by atoms with E-state index in [1.54, 1.807) is 0 Å². The Bertz CT molecular complexity index is 131. The lowest BCUT2D eigenvalue weighted by Gasteiger charge is -2.30. The molecule has 1 nitrogen and oxygen atoms in total. The van der Waals surface area contributed by atoms with Crippen molar-refractivity contribution >= 4 is 0 Å². The largest absolute Gasteiger partial charge is 0.298 e. The molecule has 2 fully saturated rings. The molecule has 2 unspecified atom stereocenters. The van der Waals surface area contributed by atoms with Gasteiger partial charge in [-0.05, 0) is 39.0 Å². The molecule has 0 radical (unpaired) electrons. The minimum Gasteiger partial charge on any atom is -0.298 e.